The zero-order chi connectivity index (χ0) is 19.3. The van der Waals surface area contributed by atoms with Gasteiger partial charge in [0.2, 0.25) is 0 Å². The minimum Gasteiger partial charge on any atom is -0.406 e. The van der Waals surface area contributed by atoms with Crippen molar-refractivity contribution in [3.05, 3.63) is 35.9 Å². The molecule has 150 valence electrons. The molecule has 1 saturated carbocycles. The average molecular weight is 380 g/mol. The van der Waals surface area contributed by atoms with E-state index >= 15 is 0 Å². The zero-order valence-corrected chi connectivity index (χ0v) is 16.2. The number of benzene rings is 1. The maximum Gasteiger partial charge on any atom is 0.573 e. The number of allylic oxidation sites excluding steroid dienone is 2. The maximum atomic E-state index is 12.3. The average Bonchev–Trinajstić information content (AvgIpc) is 2.66. The summed E-state index contributed by atoms with van der Waals surface area (Å²) in [6.07, 6.45) is 10.7. The van der Waals surface area contributed by atoms with E-state index in [1.165, 1.54) is 69.1 Å². The highest BCUT2D eigenvalue weighted by Gasteiger charge is 2.31. The summed E-state index contributed by atoms with van der Waals surface area (Å²) in [4.78, 5) is 0. The second-order valence-electron chi connectivity index (χ2n) is 8.26. The third kappa shape index (κ3) is 6.02. The van der Waals surface area contributed by atoms with Crippen LogP contribution >= 0.6 is 0 Å². The smallest absolute Gasteiger partial charge is 0.406 e. The first kappa shape index (κ1) is 20.3. The van der Waals surface area contributed by atoms with Gasteiger partial charge in [-0.2, -0.15) is 0 Å². The van der Waals surface area contributed by atoms with Crippen LogP contribution in [0.1, 0.15) is 76.7 Å². The third-order valence-electron chi connectivity index (χ3n) is 6.43. The molecule has 0 aromatic heterocycles. The predicted octanol–water partition coefficient (Wildman–Crippen LogP) is 7.77. The summed E-state index contributed by atoms with van der Waals surface area (Å²) >= 11 is 0. The predicted molar refractivity (Wildman–Crippen MR) is 103 cm³/mol. The van der Waals surface area contributed by atoms with Crippen molar-refractivity contribution in [1.29, 1.82) is 0 Å². The molecule has 4 heteroatoms. The van der Waals surface area contributed by atoms with E-state index in [0.717, 1.165) is 36.2 Å². The molecule has 0 aliphatic heterocycles. The van der Waals surface area contributed by atoms with Crippen molar-refractivity contribution in [3.63, 3.8) is 0 Å². The fraction of sp³-hybridized carbons (Fsp3) is 0.652. The van der Waals surface area contributed by atoms with Gasteiger partial charge in [-0.1, -0.05) is 57.2 Å². The summed E-state index contributed by atoms with van der Waals surface area (Å²) in [6, 6.07) is 6.30. The lowest BCUT2D eigenvalue weighted by Gasteiger charge is -2.35. The highest BCUT2D eigenvalue weighted by molar-refractivity contribution is 5.66. The standard InChI is InChI=1S/C23H31F3O/c1-2-3-4-17-5-7-18(8-6-17)19-9-11-20(12-10-19)21-13-15-22(16-14-21)27-23(24,25)26/h11,13-19H,2-10,12H2,1H3. The molecule has 0 heterocycles. The molecule has 1 fully saturated rings. The maximum absolute atomic E-state index is 12.3. The van der Waals surface area contributed by atoms with Crippen LogP contribution in [0.4, 0.5) is 13.2 Å². The summed E-state index contributed by atoms with van der Waals surface area (Å²) in [5.41, 5.74) is 2.28. The molecule has 1 aromatic rings. The molecule has 0 spiro atoms. The highest BCUT2D eigenvalue weighted by atomic mass is 19.4. The Labute approximate surface area is 161 Å². The normalized spacial score (nSPS) is 26.5. The number of halogens is 3. The van der Waals surface area contributed by atoms with Crippen LogP contribution in [0.2, 0.25) is 0 Å². The number of hydrogen-bond acceptors (Lipinski definition) is 1. The van der Waals surface area contributed by atoms with E-state index in [-0.39, 0.29) is 5.75 Å². The molecule has 1 nitrogen and oxygen atoms in total. The van der Waals surface area contributed by atoms with Crippen LogP contribution in [-0.4, -0.2) is 6.36 Å². The van der Waals surface area contributed by atoms with E-state index in [1.807, 2.05) is 0 Å². The van der Waals surface area contributed by atoms with Crippen LogP contribution in [-0.2, 0) is 0 Å². The van der Waals surface area contributed by atoms with Crippen molar-refractivity contribution >= 4 is 5.57 Å². The van der Waals surface area contributed by atoms with Gasteiger partial charge in [0.1, 0.15) is 5.75 Å². The van der Waals surface area contributed by atoms with Gasteiger partial charge in [0.05, 0.1) is 0 Å². The van der Waals surface area contributed by atoms with E-state index in [1.54, 1.807) is 12.1 Å². The van der Waals surface area contributed by atoms with Gasteiger partial charge in [-0.15, -0.1) is 13.2 Å². The number of hydrogen-bond donors (Lipinski definition) is 0. The van der Waals surface area contributed by atoms with Crippen molar-refractivity contribution in [2.24, 2.45) is 17.8 Å². The molecule has 2 aliphatic carbocycles. The lowest BCUT2D eigenvalue weighted by molar-refractivity contribution is -0.274. The number of rotatable bonds is 6. The zero-order valence-electron chi connectivity index (χ0n) is 16.2. The van der Waals surface area contributed by atoms with Gasteiger partial charge in [0.15, 0.2) is 0 Å². The van der Waals surface area contributed by atoms with Crippen LogP contribution in [0.5, 0.6) is 5.75 Å². The molecule has 0 bridgehead atoms. The summed E-state index contributed by atoms with van der Waals surface area (Å²) in [5.74, 6) is 2.45. The van der Waals surface area contributed by atoms with E-state index in [4.69, 9.17) is 0 Å². The van der Waals surface area contributed by atoms with Crippen LogP contribution in [0.25, 0.3) is 5.57 Å². The van der Waals surface area contributed by atoms with Gasteiger partial charge in [-0.3, -0.25) is 0 Å². The largest absolute Gasteiger partial charge is 0.573 e. The van der Waals surface area contributed by atoms with Crippen molar-refractivity contribution in [1.82, 2.24) is 0 Å². The van der Waals surface area contributed by atoms with Crippen LogP contribution in [0, 0.1) is 17.8 Å². The summed E-state index contributed by atoms with van der Waals surface area (Å²) < 4.78 is 40.8. The molecule has 1 aromatic carbocycles. The summed E-state index contributed by atoms with van der Waals surface area (Å²) in [6.45, 7) is 2.27. The lowest BCUT2D eigenvalue weighted by Crippen LogP contribution is -2.23. The summed E-state index contributed by atoms with van der Waals surface area (Å²) in [7, 11) is 0. The van der Waals surface area contributed by atoms with E-state index in [2.05, 4.69) is 17.7 Å². The minimum absolute atomic E-state index is 0.152. The van der Waals surface area contributed by atoms with E-state index in [0.29, 0.717) is 0 Å². The molecule has 0 radical (unpaired) electrons. The van der Waals surface area contributed by atoms with Crippen molar-refractivity contribution in [2.45, 2.75) is 77.5 Å². The van der Waals surface area contributed by atoms with Gasteiger partial charge < -0.3 is 4.74 Å². The number of alkyl halides is 3. The second kappa shape index (κ2) is 9.16. The molecule has 3 rings (SSSR count). The molecule has 2 aliphatic rings. The van der Waals surface area contributed by atoms with E-state index in [9.17, 15) is 13.2 Å². The Morgan fingerprint density at radius 2 is 1.67 bits per heavy atom. The number of ether oxygens (including phenoxy) is 1. The van der Waals surface area contributed by atoms with Gasteiger partial charge in [-0.05, 0) is 73.1 Å². The van der Waals surface area contributed by atoms with E-state index < -0.39 is 6.36 Å². The molecule has 1 unspecified atom stereocenters. The molecule has 0 N–H and O–H groups in total. The second-order valence-corrected chi connectivity index (χ2v) is 8.26. The SMILES string of the molecule is CCCCC1CCC(C2CC=C(c3ccc(OC(F)(F)F)cc3)CC2)CC1. The number of unbranched alkanes of at least 4 members (excludes halogenated alkanes) is 1. The highest BCUT2D eigenvalue weighted by Crippen LogP contribution is 2.42. The monoisotopic (exact) mass is 380 g/mol. The Kier molecular flexibility index (Phi) is 6.88. The first-order chi connectivity index (χ1) is 12.9. The molecule has 1 atom stereocenters. The van der Waals surface area contributed by atoms with Crippen molar-refractivity contribution < 1.29 is 17.9 Å². The fourth-order valence-electron chi connectivity index (χ4n) is 4.86. The molecular formula is C23H31F3O. The van der Waals surface area contributed by atoms with Crippen LogP contribution in [0.3, 0.4) is 0 Å². The fourth-order valence-corrected chi connectivity index (χ4v) is 4.86. The van der Waals surface area contributed by atoms with Crippen LogP contribution in [0.15, 0.2) is 30.3 Å². The Morgan fingerprint density at radius 1 is 0.963 bits per heavy atom. The molecule has 0 saturated heterocycles. The van der Waals surface area contributed by atoms with Crippen molar-refractivity contribution in [2.75, 3.05) is 0 Å². The quantitative estimate of drug-likeness (QED) is 0.490. The topological polar surface area (TPSA) is 9.23 Å². The van der Waals surface area contributed by atoms with Gasteiger partial charge in [-0.25, -0.2) is 0 Å². The van der Waals surface area contributed by atoms with Gasteiger partial charge >= 0.3 is 6.36 Å². The minimum atomic E-state index is -4.63. The summed E-state index contributed by atoms with van der Waals surface area (Å²) in [5, 5.41) is 0. The Balaban J connectivity index is 1.50. The molecule has 27 heavy (non-hydrogen) atoms. The van der Waals surface area contributed by atoms with Gasteiger partial charge in [0, 0.05) is 0 Å². The van der Waals surface area contributed by atoms with Crippen LogP contribution < -0.4 is 4.74 Å². The molecule has 0 amide bonds. The Hall–Kier alpha value is -1.45. The van der Waals surface area contributed by atoms with Gasteiger partial charge in [0.25, 0.3) is 0 Å². The lowest BCUT2D eigenvalue weighted by atomic mass is 9.70. The Bertz CT molecular complexity index is 610. The third-order valence-corrected chi connectivity index (χ3v) is 6.43. The Morgan fingerprint density at radius 3 is 2.22 bits per heavy atom. The first-order valence-corrected chi connectivity index (χ1v) is 10.5. The molecular weight excluding hydrogens is 349 g/mol. The van der Waals surface area contributed by atoms with Crippen molar-refractivity contribution in [3.8, 4) is 5.75 Å². The first-order valence-electron chi connectivity index (χ1n) is 10.5.